The van der Waals surface area contributed by atoms with E-state index in [4.69, 9.17) is 22.6 Å². The Kier molecular flexibility index (Phi) is 3.73. The lowest BCUT2D eigenvalue weighted by Gasteiger charge is -2.33. The minimum absolute atomic E-state index is 0.149. The second-order valence-corrected chi connectivity index (χ2v) is 4.84. The predicted molar refractivity (Wildman–Crippen MR) is 70.3 cm³/mol. The van der Waals surface area contributed by atoms with E-state index < -0.39 is 0 Å². The summed E-state index contributed by atoms with van der Waals surface area (Å²) in [5.41, 5.74) is 6.60. The zero-order valence-corrected chi connectivity index (χ0v) is 10.7. The first-order valence-corrected chi connectivity index (χ1v) is 6.24. The molecule has 5 heteroatoms. The Balaban J connectivity index is 2.29. The molecule has 0 saturated carbocycles. The van der Waals surface area contributed by atoms with Crippen molar-refractivity contribution in [3.63, 3.8) is 0 Å². The highest BCUT2D eigenvalue weighted by atomic mass is 35.5. The summed E-state index contributed by atoms with van der Waals surface area (Å²) in [7, 11) is 0. The summed E-state index contributed by atoms with van der Waals surface area (Å²) in [4.78, 5) is 13.3. The molecule has 1 fully saturated rings. The fourth-order valence-corrected chi connectivity index (χ4v) is 2.53. The molecule has 94 valence electrons. The number of benzene rings is 1. The highest BCUT2D eigenvalue weighted by molar-refractivity contribution is 6.32. The Morgan fingerprint density at radius 3 is 3.00 bits per heavy atom. The maximum absolute atomic E-state index is 11.3. The number of hydrogen-bond acceptors (Lipinski definition) is 3. The molecule has 1 aliphatic heterocycles. The number of halogens is 1. The summed E-state index contributed by atoms with van der Waals surface area (Å²) >= 11 is 6.01. The number of carbonyl (C=O) groups is 1. The smallest absolute Gasteiger partial charge is 0.222 e. The minimum atomic E-state index is -0.278. The van der Waals surface area contributed by atoms with Crippen molar-refractivity contribution < 1.29 is 4.79 Å². The lowest BCUT2D eigenvalue weighted by Crippen LogP contribution is -2.41. The van der Waals surface area contributed by atoms with E-state index in [0.29, 0.717) is 17.1 Å². The van der Waals surface area contributed by atoms with Crippen LogP contribution in [0, 0.1) is 17.2 Å². The molecule has 1 aromatic carbocycles. The average molecular weight is 264 g/mol. The van der Waals surface area contributed by atoms with Gasteiger partial charge in [-0.1, -0.05) is 17.7 Å². The van der Waals surface area contributed by atoms with Crippen molar-refractivity contribution in [2.24, 2.45) is 11.7 Å². The fourth-order valence-electron chi connectivity index (χ4n) is 2.32. The molecule has 0 radical (unpaired) electrons. The van der Waals surface area contributed by atoms with Crippen LogP contribution in [0.4, 0.5) is 5.69 Å². The lowest BCUT2D eigenvalue weighted by molar-refractivity contribution is -0.122. The van der Waals surface area contributed by atoms with Crippen LogP contribution in [-0.4, -0.2) is 19.0 Å². The molecule has 1 saturated heterocycles. The van der Waals surface area contributed by atoms with Crippen LogP contribution in [-0.2, 0) is 4.79 Å². The Morgan fingerprint density at radius 2 is 2.33 bits per heavy atom. The highest BCUT2D eigenvalue weighted by Crippen LogP contribution is 2.30. The number of carbonyl (C=O) groups excluding carboxylic acids is 1. The van der Waals surface area contributed by atoms with Gasteiger partial charge >= 0.3 is 0 Å². The van der Waals surface area contributed by atoms with Gasteiger partial charge in [0.15, 0.2) is 0 Å². The van der Waals surface area contributed by atoms with Gasteiger partial charge in [-0.3, -0.25) is 4.79 Å². The molecule has 1 heterocycles. The number of piperidine rings is 1. The highest BCUT2D eigenvalue weighted by Gasteiger charge is 2.25. The molecule has 0 aliphatic carbocycles. The molecule has 2 rings (SSSR count). The van der Waals surface area contributed by atoms with Gasteiger partial charge in [-0.25, -0.2) is 0 Å². The SMILES string of the molecule is N#Cc1c(Cl)cccc1N1CCCC(C(N)=O)C1. The molecule has 4 nitrogen and oxygen atoms in total. The predicted octanol–water partition coefficient (Wildman–Crippen LogP) is 1.91. The summed E-state index contributed by atoms with van der Waals surface area (Å²) in [6.45, 7) is 1.38. The van der Waals surface area contributed by atoms with Gasteiger partial charge in [0.05, 0.1) is 22.2 Å². The third-order valence-electron chi connectivity index (χ3n) is 3.27. The van der Waals surface area contributed by atoms with E-state index in [-0.39, 0.29) is 11.8 Å². The van der Waals surface area contributed by atoms with Gasteiger partial charge in [-0.2, -0.15) is 5.26 Å². The van der Waals surface area contributed by atoms with Crippen molar-refractivity contribution in [3.05, 3.63) is 28.8 Å². The van der Waals surface area contributed by atoms with Crippen LogP contribution in [0.15, 0.2) is 18.2 Å². The van der Waals surface area contributed by atoms with E-state index in [1.165, 1.54) is 0 Å². The molecule has 18 heavy (non-hydrogen) atoms. The number of nitrogens with zero attached hydrogens (tertiary/aromatic N) is 2. The fraction of sp³-hybridized carbons (Fsp3) is 0.385. The number of primary amides is 1. The summed E-state index contributed by atoms with van der Waals surface area (Å²) in [6.07, 6.45) is 1.71. The number of rotatable bonds is 2. The van der Waals surface area contributed by atoms with E-state index in [0.717, 1.165) is 25.1 Å². The van der Waals surface area contributed by atoms with Crippen LogP contribution in [0.1, 0.15) is 18.4 Å². The van der Waals surface area contributed by atoms with Crippen LogP contribution in [0.5, 0.6) is 0 Å². The Hall–Kier alpha value is -1.73. The van der Waals surface area contributed by atoms with Gasteiger partial charge in [-0.15, -0.1) is 0 Å². The quantitative estimate of drug-likeness (QED) is 0.886. The molecule has 0 bridgehead atoms. The molecule has 0 aromatic heterocycles. The third kappa shape index (κ3) is 2.41. The summed E-state index contributed by atoms with van der Waals surface area (Å²) in [6, 6.07) is 7.48. The maximum Gasteiger partial charge on any atom is 0.222 e. The molecule has 1 amide bonds. The van der Waals surface area contributed by atoms with Crippen LogP contribution >= 0.6 is 11.6 Å². The maximum atomic E-state index is 11.3. The number of hydrogen-bond donors (Lipinski definition) is 1. The number of anilines is 1. The number of nitriles is 1. The Bertz CT molecular complexity index is 509. The standard InChI is InChI=1S/C13H14ClN3O/c14-11-4-1-5-12(10(11)7-15)17-6-2-3-9(8-17)13(16)18/h1,4-5,9H,2-3,6,8H2,(H2,16,18). The number of nitrogens with two attached hydrogens (primary N) is 1. The van der Waals surface area contributed by atoms with Crippen molar-refractivity contribution in [1.29, 1.82) is 5.26 Å². The van der Waals surface area contributed by atoms with Gasteiger partial charge in [0, 0.05) is 13.1 Å². The van der Waals surface area contributed by atoms with Gasteiger partial charge in [0.2, 0.25) is 5.91 Å². The molecular formula is C13H14ClN3O. The Labute approximate surface area is 111 Å². The van der Waals surface area contributed by atoms with Gasteiger partial charge < -0.3 is 10.6 Å². The molecule has 1 aliphatic rings. The summed E-state index contributed by atoms with van der Waals surface area (Å²) in [5.74, 6) is -0.426. The van der Waals surface area contributed by atoms with Crippen molar-refractivity contribution in [1.82, 2.24) is 0 Å². The first kappa shape index (κ1) is 12.7. The van der Waals surface area contributed by atoms with E-state index in [9.17, 15) is 4.79 Å². The normalized spacial score (nSPS) is 19.3. The van der Waals surface area contributed by atoms with E-state index in [1.54, 1.807) is 6.07 Å². The molecular weight excluding hydrogens is 250 g/mol. The van der Waals surface area contributed by atoms with E-state index >= 15 is 0 Å². The van der Waals surface area contributed by atoms with Crippen molar-refractivity contribution in [2.45, 2.75) is 12.8 Å². The van der Waals surface area contributed by atoms with Gasteiger partial charge in [0.25, 0.3) is 0 Å². The first-order chi connectivity index (χ1) is 8.63. The lowest BCUT2D eigenvalue weighted by atomic mass is 9.96. The van der Waals surface area contributed by atoms with E-state index in [1.807, 2.05) is 17.0 Å². The molecule has 1 aromatic rings. The molecule has 0 spiro atoms. The summed E-state index contributed by atoms with van der Waals surface area (Å²) in [5, 5.41) is 9.59. The Morgan fingerprint density at radius 1 is 1.56 bits per heavy atom. The second-order valence-electron chi connectivity index (χ2n) is 4.43. The zero-order chi connectivity index (χ0) is 13.1. The first-order valence-electron chi connectivity index (χ1n) is 5.86. The average Bonchev–Trinajstić information content (AvgIpc) is 2.38. The van der Waals surface area contributed by atoms with Crippen molar-refractivity contribution in [2.75, 3.05) is 18.0 Å². The monoisotopic (exact) mass is 263 g/mol. The molecule has 2 N–H and O–H groups in total. The zero-order valence-electron chi connectivity index (χ0n) is 9.90. The largest absolute Gasteiger partial charge is 0.370 e. The van der Waals surface area contributed by atoms with Crippen LogP contribution in [0.25, 0.3) is 0 Å². The van der Waals surface area contributed by atoms with Crippen molar-refractivity contribution in [3.8, 4) is 6.07 Å². The van der Waals surface area contributed by atoms with Crippen molar-refractivity contribution >= 4 is 23.2 Å². The van der Waals surface area contributed by atoms with E-state index in [2.05, 4.69) is 6.07 Å². The second kappa shape index (κ2) is 5.28. The van der Waals surface area contributed by atoms with Crippen LogP contribution < -0.4 is 10.6 Å². The van der Waals surface area contributed by atoms with Gasteiger partial charge in [0.1, 0.15) is 6.07 Å². The minimum Gasteiger partial charge on any atom is -0.370 e. The van der Waals surface area contributed by atoms with Crippen LogP contribution in [0.2, 0.25) is 5.02 Å². The molecule has 1 unspecified atom stereocenters. The molecule has 1 atom stereocenters. The van der Waals surface area contributed by atoms with Gasteiger partial charge in [-0.05, 0) is 25.0 Å². The topological polar surface area (TPSA) is 70.1 Å². The third-order valence-corrected chi connectivity index (χ3v) is 3.58. The summed E-state index contributed by atoms with van der Waals surface area (Å²) < 4.78 is 0. The number of amides is 1. The van der Waals surface area contributed by atoms with Crippen LogP contribution in [0.3, 0.4) is 0 Å².